The molecule has 0 spiro atoms. The van der Waals surface area contributed by atoms with Gasteiger partial charge in [0.15, 0.2) is 5.78 Å². The van der Waals surface area contributed by atoms with Gasteiger partial charge in [0.1, 0.15) is 5.67 Å². The Labute approximate surface area is 192 Å². The van der Waals surface area contributed by atoms with Crippen LogP contribution in [0.4, 0.5) is 4.39 Å². The predicted molar refractivity (Wildman–Crippen MR) is 124 cm³/mol. The van der Waals surface area contributed by atoms with Crippen molar-refractivity contribution in [1.82, 2.24) is 3.71 Å². The minimum atomic E-state index is -4.28. The monoisotopic (exact) mass is 483 g/mol. The van der Waals surface area contributed by atoms with Crippen molar-refractivity contribution < 1.29 is 26.4 Å². The minimum Gasteiger partial charge on any atom is -0.294 e. The van der Waals surface area contributed by atoms with Crippen LogP contribution in [0.25, 0.3) is 0 Å². The maximum absolute atomic E-state index is 14.9. The number of aryl methyl sites for hydroxylation is 1. The number of nitrogens with zero attached hydrogens (tertiary/aromatic N) is 1. The minimum absolute atomic E-state index is 0.00852. The highest BCUT2D eigenvalue weighted by Crippen LogP contribution is 2.30. The van der Waals surface area contributed by atoms with Gasteiger partial charge in [-0.2, -0.15) is 0 Å². The number of Topliss-reactive ketones (excluding diaryl/α,β-unsaturated/α-hetero) is 1. The zero-order chi connectivity index (χ0) is 23.9. The van der Waals surface area contributed by atoms with Gasteiger partial charge in [-0.15, -0.1) is 0 Å². The molecule has 0 saturated heterocycles. The number of alkyl halides is 1. The molecule has 2 atom stereocenters. The second kappa shape index (κ2) is 11.3. The molecule has 0 bridgehead atoms. The van der Waals surface area contributed by atoms with Crippen molar-refractivity contribution >= 4 is 27.1 Å². The number of halogens is 1. The van der Waals surface area contributed by atoms with Crippen LogP contribution in [0.1, 0.15) is 55.5 Å². The lowest BCUT2D eigenvalue weighted by molar-refractivity contribution is 0.0968. The standard InChI is InChI=1S/C23H30FNO5S2/c1-18-13-15-19(16-14-18)22(26)12-8-7-9-20(23(2,3)24)17-25(31(27)28)32(29,30)21-10-5-4-6-11-21/h4-6,10-11,13-16,20H,7-9,12,17H2,1-3H3,(H,27,28). The average Bonchev–Trinajstić information content (AvgIpc) is 2.72. The number of hydrogen-bond donors (Lipinski definition) is 1. The Morgan fingerprint density at radius 3 is 2.22 bits per heavy atom. The van der Waals surface area contributed by atoms with Crippen LogP contribution in [0, 0.1) is 12.8 Å². The van der Waals surface area contributed by atoms with E-state index in [0.717, 1.165) is 5.56 Å². The second-order valence-corrected chi connectivity index (χ2v) is 11.3. The molecule has 176 valence electrons. The highest BCUT2D eigenvalue weighted by Gasteiger charge is 2.37. The fraction of sp³-hybridized carbons (Fsp3) is 0.435. The lowest BCUT2D eigenvalue weighted by atomic mass is 9.87. The van der Waals surface area contributed by atoms with Crippen LogP contribution in [-0.2, 0) is 21.3 Å². The highest BCUT2D eigenvalue weighted by atomic mass is 32.3. The van der Waals surface area contributed by atoms with Crippen molar-refractivity contribution in [3.63, 3.8) is 0 Å². The molecule has 0 aliphatic rings. The third kappa shape index (κ3) is 7.30. The van der Waals surface area contributed by atoms with Gasteiger partial charge < -0.3 is 0 Å². The first-order chi connectivity index (χ1) is 14.9. The molecule has 0 heterocycles. The highest BCUT2D eigenvalue weighted by molar-refractivity contribution is 7.99. The molecule has 2 aromatic rings. The molecule has 6 nitrogen and oxygen atoms in total. The summed E-state index contributed by atoms with van der Waals surface area (Å²) < 4.78 is 62.5. The molecule has 2 aromatic carbocycles. The zero-order valence-corrected chi connectivity index (χ0v) is 20.2. The Hall–Kier alpha value is -1.94. The molecule has 0 fully saturated rings. The van der Waals surface area contributed by atoms with Gasteiger partial charge in [-0.3, -0.25) is 9.35 Å². The van der Waals surface area contributed by atoms with E-state index in [1.54, 1.807) is 18.2 Å². The van der Waals surface area contributed by atoms with E-state index in [0.29, 0.717) is 28.5 Å². The number of unbranched alkanes of at least 4 members (excludes halogenated alkanes) is 1. The molecule has 0 amide bonds. The van der Waals surface area contributed by atoms with E-state index >= 15 is 0 Å². The quantitative estimate of drug-likeness (QED) is 0.263. The molecule has 2 unspecified atom stereocenters. The van der Waals surface area contributed by atoms with E-state index in [1.165, 1.54) is 38.1 Å². The van der Waals surface area contributed by atoms with Crippen molar-refractivity contribution in [3.8, 4) is 0 Å². The SMILES string of the molecule is Cc1ccc(C(=O)CCCCC(CN(S(=O)O)S(=O)(=O)c2ccccc2)C(C)(C)F)cc1. The number of ketones is 1. The predicted octanol–water partition coefficient (Wildman–Crippen LogP) is 4.93. The van der Waals surface area contributed by atoms with Crippen LogP contribution >= 0.6 is 0 Å². The Kier molecular flexibility index (Phi) is 9.27. The maximum atomic E-state index is 14.9. The van der Waals surface area contributed by atoms with Crippen LogP contribution in [0.2, 0.25) is 0 Å². The van der Waals surface area contributed by atoms with E-state index in [4.69, 9.17) is 0 Å². The fourth-order valence-corrected chi connectivity index (χ4v) is 5.70. The van der Waals surface area contributed by atoms with Gasteiger partial charge in [-0.1, -0.05) is 58.2 Å². The molecule has 0 aromatic heterocycles. The molecular weight excluding hydrogens is 453 g/mol. The summed E-state index contributed by atoms with van der Waals surface area (Å²) in [5.41, 5.74) is -0.107. The fourth-order valence-electron chi connectivity index (χ4n) is 3.35. The smallest absolute Gasteiger partial charge is 0.256 e. The van der Waals surface area contributed by atoms with Crippen LogP contribution in [-0.4, -0.2) is 38.9 Å². The van der Waals surface area contributed by atoms with Crippen LogP contribution < -0.4 is 0 Å². The van der Waals surface area contributed by atoms with E-state index in [-0.39, 0.29) is 17.1 Å². The number of hydrogen-bond acceptors (Lipinski definition) is 4. The first kappa shape index (κ1) is 26.3. The van der Waals surface area contributed by atoms with Crippen molar-refractivity contribution in [2.75, 3.05) is 6.54 Å². The molecule has 0 aliphatic heterocycles. The van der Waals surface area contributed by atoms with Crippen molar-refractivity contribution in [1.29, 1.82) is 0 Å². The van der Waals surface area contributed by atoms with E-state index in [1.807, 2.05) is 19.1 Å². The number of rotatable bonds is 12. The molecule has 32 heavy (non-hydrogen) atoms. The van der Waals surface area contributed by atoms with Gasteiger partial charge in [0, 0.05) is 24.4 Å². The third-order valence-electron chi connectivity index (χ3n) is 5.40. The van der Waals surface area contributed by atoms with E-state index in [9.17, 15) is 26.4 Å². The van der Waals surface area contributed by atoms with E-state index < -0.39 is 39.4 Å². The molecule has 1 N–H and O–H groups in total. The molecule has 0 radical (unpaired) electrons. The third-order valence-corrected chi connectivity index (χ3v) is 8.43. The summed E-state index contributed by atoms with van der Waals surface area (Å²) in [5, 5.41) is 0. The van der Waals surface area contributed by atoms with Crippen molar-refractivity contribution in [3.05, 3.63) is 65.7 Å². The van der Waals surface area contributed by atoms with Gasteiger partial charge >= 0.3 is 0 Å². The topological polar surface area (TPSA) is 91.8 Å². The summed E-state index contributed by atoms with van der Waals surface area (Å²) in [4.78, 5) is 12.2. The summed E-state index contributed by atoms with van der Waals surface area (Å²) in [6, 6.07) is 14.6. The average molecular weight is 484 g/mol. The zero-order valence-electron chi connectivity index (χ0n) is 18.5. The first-order valence-electron chi connectivity index (χ1n) is 10.4. The molecule has 0 saturated carbocycles. The lowest BCUT2D eigenvalue weighted by Gasteiger charge is -2.30. The first-order valence-corrected chi connectivity index (χ1v) is 12.9. The Bertz CT molecular complexity index is 1020. The number of carbonyl (C=O) groups excluding carboxylic acids is 1. The largest absolute Gasteiger partial charge is 0.294 e. The van der Waals surface area contributed by atoms with Gasteiger partial charge in [-0.05, 0) is 45.7 Å². The number of carbonyl (C=O) groups is 1. The van der Waals surface area contributed by atoms with Crippen LogP contribution in [0.15, 0.2) is 59.5 Å². The second-order valence-electron chi connectivity index (χ2n) is 8.33. The lowest BCUT2D eigenvalue weighted by Crippen LogP contribution is -2.42. The Balaban J connectivity index is 2.05. The summed E-state index contributed by atoms with van der Waals surface area (Å²) >= 11 is -2.85. The van der Waals surface area contributed by atoms with Crippen LogP contribution in [0.3, 0.4) is 0 Å². The molecule has 9 heteroatoms. The normalized spacial score (nSPS) is 14.3. The molecular formula is C23H30FNO5S2. The summed E-state index contributed by atoms with van der Waals surface area (Å²) in [7, 11) is -4.28. The Morgan fingerprint density at radius 2 is 1.69 bits per heavy atom. The summed E-state index contributed by atoms with van der Waals surface area (Å²) in [5.74, 6) is -0.836. The maximum Gasteiger partial charge on any atom is 0.256 e. The van der Waals surface area contributed by atoms with E-state index in [2.05, 4.69) is 0 Å². The summed E-state index contributed by atoms with van der Waals surface area (Å²) in [6.45, 7) is 4.13. The van der Waals surface area contributed by atoms with Gasteiger partial charge in [0.2, 0.25) is 11.3 Å². The van der Waals surface area contributed by atoms with Gasteiger partial charge in [0.05, 0.1) is 4.90 Å². The molecule has 0 aliphatic carbocycles. The Morgan fingerprint density at radius 1 is 1.09 bits per heavy atom. The number of benzene rings is 2. The van der Waals surface area contributed by atoms with Crippen molar-refractivity contribution in [2.45, 2.75) is 57.0 Å². The van der Waals surface area contributed by atoms with Gasteiger partial charge in [-0.25, -0.2) is 17.0 Å². The summed E-state index contributed by atoms with van der Waals surface area (Å²) in [6.07, 6.45) is 1.54. The molecule has 2 rings (SSSR count). The van der Waals surface area contributed by atoms with Crippen LogP contribution in [0.5, 0.6) is 0 Å². The van der Waals surface area contributed by atoms with Crippen molar-refractivity contribution in [2.24, 2.45) is 5.92 Å². The number of sulfonamides is 1. The van der Waals surface area contributed by atoms with Gasteiger partial charge in [0.25, 0.3) is 10.0 Å².